The van der Waals surface area contributed by atoms with Crippen LogP contribution in [0.4, 0.5) is 5.82 Å². The Morgan fingerprint density at radius 1 is 1.53 bits per heavy atom. The van der Waals surface area contributed by atoms with Gasteiger partial charge < -0.3 is 10.4 Å². The Bertz CT molecular complexity index is 378. The molecule has 5 heteroatoms. The number of anilines is 1. The Morgan fingerprint density at radius 2 is 2.24 bits per heavy atom. The van der Waals surface area contributed by atoms with Gasteiger partial charge in [0.2, 0.25) is 0 Å². The summed E-state index contributed by atoms with van der Waals surface area (Å²) in [5.41, 5.74) is -0.273. The maximum absolute atomic E-state index is 9.63. The Morgan fingerprint density at radius 3 is 2.82 bits per heavy atom. The molecule has 1 aliphatic rings. The first-order valence-corrected chi connectivity index (χ1v) is 6.37. The van der Waals surface area contributed by atoms with Gasteiger partial charge in [-0.1, -0.05) is 18.5 Å². The molecule has 0 saturated heterocycles. The predicted octanol–water partition coefficient (Wildman–Crippen LogP) is 2.48. The quantitative estimate of drug-likeness (QED) is 0.871. The van der Waals surface area contributed by atoms with Crippen molar-refractivity contribution in [3.63, 3.8) is 0 Å². The molecule has 4 nitrogen and oxygen atoms in total. The van der Waals surface area contributed by atoms with Crippen LogP contribution < -0.4 is 5.32 Å². The van der Waals surface area contributed by atoms with Crippen molar-refractivity contribution in [1.29, 1.82) is 0 Å². The number of rotatable bonds is 3. The minimum absolute atomic E-state index is 0.111. The molecule has 2 N–H and O–H groups in total. The molecule has 0 amide bonds. The van der Waals surface area contributed by atoms with Crippen LogP contribution in [0.2, 0.25) is 5.02 Å². The minimum Gasteiger partial charge on any atom is -0.394 e. The third-order valence-electron chi connectivity index (χ3n) is 3.59. The number of halogens is 1. The highest BCUT2D eigenvalue weighted by molar-refractivity contribution is 6.32. The maximum Gasteiger partial charge on any atom is 0.148 e. The smallest absolute Gasteiger partial charge is 0.148 e. The summed E-state index contributed by atoms with van der Waals surface area (Å²) in [7, 11) is 0. The zero-order valence-electron chi connectivity index (χ0n) is 9.99. The highest BCUT2D eigenvalue weighted by atomic mass is 35.5. The van der Waals surface area contributed by atoms with E-state index in [0.717, 1.165) is 31.6 Å². The summed E-state index contributed by atoms with van der Waals surface area (Å²) < 4.78 is 0. The van der Waals surface area contributed by atoms with Gasteiger partial charge in [-0.25, -0.2) is 9.97 Å². The molecule has 0 aromatic carbocycles. The molecule has 1 saturated carbocycles. The van der Waals surface area contributed by atoms with Gasteiger partial charge in [-0.3, -0.25) is 0 Å². The number of nitrogens with one attached hydrogen (secondary N) is 1. The number of aliphatic hydroxyl groups excluding tert-OH is 1. The number of hydrogen-bond donors (Lipinski definition) is 2. The summed E-state index contributed by atoms with van der Waals surface area (Å²) in [5.74, 6) is 1.35. The lowest BCUT2D eigenvalue weighted by molar-refractivity contribution is 0.155. The lowest BCUT2D eigenvalue weighted by atomic mass is 9.77. The molecule has 1 aliphatic carbocycles. The molecule has 94 valence electrons. The van der Waals surface area contributed by atoms with Gasteiger partial charge in [0.25, 0.3) is 0 Å². The highest BCUT2D eigenvalue weighted by Crippen LogP contribution is 2.35. The summed E-state index contributed by atoms with van der Waals surface area (Å²) in [6.07, 6.45) is 7.17. The molecule has 0 aliphatic heterocycles. The largest absolute Gasteiger partial charge is 0.394 e. The second kappa shape index (κ2) is 5.19. The van der Waals surface area contributed by atoms with Crippen LogP contribution in [0.1, 0.15) is 32.6 Å². The fourth-order valence-corrected chi connectivity index (χ4v) is 2.45. The van der Waals surface area contributed by atoms with E-state index in [1.165, 1.54) is 6.33 Å². The first-order chi connectivity index (χ1) is 8.15. The van der Waals surface area contributed by atoms with E-state index < -0.39 is 0 Å². The summed E-state index contributed by atoms with van der Waals surface area (Å²) in [6, 6.07) is 0. The Kier molecular flexibility index (Phi) is 3.84. The van der Waals surface area contributed by atoms with Crippen LogP contribution >= 0.6 is 11.6 Å². The van der Waals surface area contributed by atoms with Gasteiger partial charge in [-0.2, -0.15) is 0 Å². The molecule has 1 fully saturated rings. The van der Waals surface area contributed by atoms with Crippen molar-refractivity contribution in [3.8, 4) is 0 Å². The summed E-state index contributed by atoms with van der Waals surface area (Å²) >= 11 is 6.02. The molecule has 1 aromatic rings. The van der Waals surface area contributed by atoms with Gasteiger partial charge in [0.1, 0.15) is 17.2 Å². The average Bonchev–Trinajstić information content (AvgIpc) is 2.35. The van der Waals surface area contributed by atoms with Crippen LogP contribution in [-0.2, 0) is 0 Å². The van der Waals surface area contributed by atoms with Crippen LogP contribution in [0.25, 0.3) is 0 Å². The van der Waals surface area contributed by atoms with Gasteiger partial charge in [0.05, 0.1) is 18.3 Å². The van der Waals surface area contributed by atoms with Crippen LogP contribution in [0, 0.1) is 5.92 Å². The second-order valence-corrected chi connectivity index (χ2v) is 5.37. The van der Waals surface area contributed by atoms with Gasteiger partial charge in [0, 0.05) is 0 Å². The fraction of sp³-hybridized carbons (Fsp3) is 0.667. The highest BCUT2D eigenvalue weighted by Gasteiger charge is 2.34. The third-order valence-corrected chi connectivity index (χ3v) is 3.86. The molecule has 17 heavy (non-hydrogen) atoms. The van der Waals surface area contributed by atoms with Crippen molar-refractivity contribution in [3.05, 3.63) is 17.5 Å². The second-order valence-electron chi connectivity index (χ2n) is 4.97. The van der Waals surface area contributed by atoms with E-state index in [4.69, 9.17) is 11.6 Å². The van der Waals surface area contributed by atoms with Crippen LogP contribution in [-0.4, -0.2) is 27.2 Å². The molecule has 0 unspecified atom stereocenters. The minimum atomic E-state index is -0.273. The zero-order valence-corrected chi connectivity index (χ0v) is 10.7. The number of aromatic nitrogens is 2. The fourth-order valence-electron chi connectivity index (χ4n) is 2.29. The van der Waals surface area contributed by atoms with Gasteiger partial charge in [0.15, 0.2) is 0 Å². The molecule has 2 rings (SSSR count). The van der Waals surface area contributed by atoms with Crippen molar-refractivity contribution in [2.45, 2.75) is 38.1 Å². The lowest BCUT2D eigenvalue weighted by Crippen LogP contribution is -2.45. The lowest BCUT2D eigenvalue weighted by Gasteiger charge is -2.39. The standard InChI is InChI=1S/C12H18ClN3O/c1-9-2-4-12(7-17,5-3-9)16-11-10(13)6-14-8-15-11/h6,8-9,17H,2-5,7H2,1H3,(H,14,15,16). The number of aliphatic hydroxyl groups is 1. The van der Waals surface area contributed by atoms with E-state index in [1.54, 1.807) is 6.20 Å². The molecule has 0 spiro atoms. The van der Waals surface area contributed by atoms with Crippen molar-refractivity contribution in [2.24, 2.45) is 5.92 Å². The van der Waals surface area contributed by atoms with Crippen LogP contribution in [0.3, 0.4) is 0 Å². The van der Waals surface area contributed by atoms with Crippen molar-refractivity contribution < 1.29 is 5.11 Å². The van der Waals surface area contributed by atoms with E-state index in [0.29, 0.717) is 10.8 Å². The number of hydrogen-bond acceptors (Lipinski definition) is 4. The maximum atomic E-state index is 9.63. The summed E-state index contributed by atoms with van der Waals surface area (Å²) in [5, 5.41) is 13.4. The van der Waals surface area contributed by atoms with Crippen LogP contribution in [0.5, 0.6) is 0 Å². The Balaban J connectivity index is 2.12. The van der Waals surface area contributed by atoms with Crippen molar-refractivity contribution in [2.75, 3.05) is 11.9 Å². The Hall–Kier alpha value is -0.870. The average molecular weight is 256 g/mol. The van der Waals surface area contributed by atoms with E-state index in [1.807, 2.05) is 0 Å². The summed E-state index contributed by atoms with van der Waals surface area (Å²) in [4.78, 5) is 7.97. The monoisotopic (exact) mass is 255 g/mol. The summed E-state index contributed by atoms with van der Waals surface area (Å²) in [6.45, 7) is 2.36. The van der Waals surface area contributed by atoms with Crippen LogP contribution in [0.15, 0.2) is 12.5 Å². The normalized spacial score (nSPS) is 29.0. The SMILES string of the molecule is CC1CCC(CO)(Nc2ncncc2Cl)CC1. The van der Waals surface area contributed by atoms with Gasteiger partial charge in [-0.05, 0) is 31.6 Å². The third kappa shape index (κ3) is 2.87. The molecular formula is C12H18ClN3O. The Labute approximate surface area is 106 Å². The molecule has 0 bridgehead atoms. The van der Waals surface area contributed by atoms with E-state index in [9.17, 15) is 5.11 Å². The topological polar surface area (TPSA) is 58.0 Å². The molecular weight excluding hydrogens is 238 g/mol. The van der Waals surface area contributed by atoms with E-state index in [-0.39, 0.29) is 12.1 Å². The molecule has 1 aromatic heterocycles. The van der Waals surface area contributed by atoms with E-state index in [2.05, 4.69) is 22.2 Å². The first kappa shape index (κ1) is 12.6. The molecule has 1 heterocycles. The van der Waals surface area contributed by atoms with Crippen molar-refractivity contribution in [1.82, 2.24) is 9.97 Å². The zero-order chi connectivity index (χ0) is 12.3. The van der Waals surface area contributed by atoms with Gasteiger partial charge >= 0.3 is 0 Å². The first-order valence-electron chi connectivity index (χ1n) is 6.00. The number of nitrogens with zero attached hydrogens (tertiary/aromatic N) is 2. The van der Waals surface area contributed by atoms with Crippen molar-refractivity contribution >= 4 is 17.4 Å². The van der Waals surface area contributed by atoms with Gasteiger partial charge in [-0.15, -0.1) is 0 Å². The molecule has 0 atom stereocenters. The predicted molar refractivity (Wildman–Crippen MR) is 68.1 cm³/mol. The molecule has 0 radical (unpaired) electrons. The van der Waals surface area contributed by atoms with E-state index >= 15 is 0 Å².